The van der Waals surface area contributed by atoms with Crippen LogP contribution in [0.2, 0.25) is 0 Å². The van der Waals surface area contributed by atoms with Gasteiger partial charge in [0.25, 0.3) is 0 Å². The molecule has 5 nitrogen and oxygen atoms in total. The number of hydrogen-bond donors (Lipinski definition) is 2. The van der Waals surface area contributed by atoms with Crippen LogP contribution in [0.25, 0.3) is 0 Å². The lowest BCUT2D eigenvalue weighted by Gasteiger charge is -2.64. The monoisotopic (exact) mass is 517 g/mol. The summed E-state index contributed by atoms with van der Waals surface area (Å²) in [6.07, 6.45) is 11.6. The molecule has 1 saturated heterocycles. The number of carbonyl (C=O) groups is 1. The van der Waals surface area contributed by atoms with Gasteiger partial charge in [-0.15, -0.1) is 0 Å². The predicted molar refractivity (Wildman–Crippen MR) is 147 cm³/mol. The van der Waals surface area contributed by atoms with Gasteiger partial charge in [-0.25, -0.2) is 4.79 Å². The first-order valence-corrected chi connectivity index (χ1v) is 15.9. The molecule has 0 aromatic carbocycles. The molecule has 37 heavy (non-hydrogen) atoms. The topological polar surface area (TPSA) is 70.0 Å². The van der Waals surface area contributed by atoms with Crippen LogP contribution in [0.15, 0.2) is 0 Å². The van der Waals surface area contributed by atoms with Crippen LogP contribution in [0.4, 0.5) is 4.79 Å². The summed E-state index contributed by atoms with van der Waals surface area (Å²) in [5.41, 5.74) is 0.526. The highest BCUT2D eigenvalue weighted by Gasteiger charge is 2.64. The second-order valence-electron chi connectivity index (χ2n) is 14.7. The van der Waals surface area contributed by atoms with Crippen molar-refractivity contribution in [3.8, 4) is 0 Å². The highest BCUT2D eigenvalue weighted by molar-refractivity contribution is 5.67. The van der Waals surface area contributed by atoms with Crippen LogP contribution in [-0.4, -0.2) is 53.1 Å². The SMILES string of the molecule is CC[C@H]1[C@@H](O)[C@@H]2[C@H](CC[C@]3(C)[C@@H]([C@H](C)CCOC(=O)N4CCC[C@@H](C)C4)CC[C@@H]23)[C@@]2(C)CC[C@@H](O)C[C@@H]12. The number of rotatable bonds is 5. The van der Waals surface area contributed by atoms with E-state index < -0.39 is 0 Å². The van der Waals surface area contributed by atoms with Crippen LogP contribution in [-0.2, 0) is 4.74 Å². The quantitative estimate of drug-likeness (QED) is 0.436. The van der Waals surface area contributed by atoms with Gasteiger partial charge in [0.05, 0.1) is 18.8 Å². The molecule has 0 aromatic rings. The van der Waals surface area contributed by atoms with E-state index in [4.69, 9.17) is 4.74 Å². The van der Waals surface area contributed by atoms with Gasteiger partial charge in [0.15, 0.2) is 0 Å². The zero-order chi connectivity index (χ0) is 26.5. The Morgan fingerprint density at radius 2 is 1.76 bits per heavy atom. The number of ether oxygens (including phenoxy) is 1. The third-order valence-electron chi connectivity index (χ3n) is 12.9. The van der Waals surface area contributed by atoms with E-state index >= 15 is 0 Å². The third-order valence-corrected chi connectivity index (χ3v) is 12.9. The van der Waals surface area contributed by atoms with Crippen molar-refractivity contribution in [1.29, 1.82) is 0 Å². The van der Waals surface area contributed by atoms with Crippen molar-refractivity contribution < 1.29 is 19.7 Å². The van der Waals surface area contributed by atoms with Gasteiger partial charge in [0.1, 0.15) is 0 Å². The molecule has 0 aromatic heterocycles. The van der Waals surface area contributed by atoms with Crippen molar-refractivity contribution in [3.63, 3.8) is 0 Å². The predicted octanol–water partition coefficient (Wildman–Crippen LogP) is 6.51. The number of fused-ring (bicyclic) bond motifs is 5. The molecule has 0 bridgehead atoms. The van der Waals surface area contributed by atoms with E-state index in [9.17, 15) is 15.0 Å². The zero-order valence-corrected chi connectivity index (χ0v) is 24.3. The van der Waals surface area contributed by atoms with Crippen LogP contribution >= 0.6 is 0 Å². The molecule has 5 aliphatic rings. The number of aliphatic hydroxyl groups excluding tert-OH is 2. The molecule has 4 saturated carbocycles. The van der Waals surface area contributed by atoms with E-state index in [1.165, 1.54) is 32.1 Å². The van der Waals surface area contributed by atoms with Crippen molar-refractivity contribution in [1.82, 2.24) is 4.90 Å². The number of likely N-dealkylation sites (tertiary alicyclic amines) is 1. The van der Waals surface area contributed by atoms with Gasteiger partial charge in [0, 0.05) is 13.1 Å². The Morgan fingerprint density at radius 3 is 2.49 bits per heavy atom. The number of nitrogens with zero attached hydrogens (tertiary/aromatic N) is 1. The fourth-order valence-corrected chi connectivity index (χ4v) is 10.9. The van der Waals surface area contributed by atoms with Crippen LogP contribution in [0.1, 0.15) is 105 Å². The first-order chi connectivity index (χ1) is 17.6. The Bertz CT molecular complexity index is 819. The summed E-state index contributed by atoms with van der Waals surface area (Å²) < 4.78 is 5.77. The van der Waals surface area contributed by atoms with Gasteiger partial charge < -0.3 is 19.8 Å². The molecule has 0 spiro atoms. The van der Waals surface area contributed by atoms with E-state index in [0.717, 1.165) is 51.6 Å². The van der Waals surface area contributed by atoms with Gasteiger partial charge in [-0.3, -0.25) is 0 Å². The van der Waals surface area contributed by atoms with Gasteiger partial charge >= 0.3 is 6.09 Å². The maximum absolute atomic E-state index is 12.6. The lowest BCUT2D eigenvalue weighted by atomic mass is 9.41. The van der Waals surface area contributed by atoms with E-state index in [1.807, 2.05) is 4.90 Å². The summed E-state index contributed by atoms with van der Waals surface area (Å²) in [6, 6.07) is 0. The fourth-order valence-electron chi connectivity index (χ4n) is 10.9. The molecule has 4 aliphatic carbocycles. The van der Waals surface area contributed by atoms with Crippen LogP contribution in [0.3, 0.4) is 0 Å². The highest BCUT2D eigenvalue weighted by atomic mass is 16.6. The van der Waals surface area contributed by atoms with Gasteiger partial charge in [-0.05, 0) is 122 Å². The maximum atomic E-state index is 12.6. The van der Waals surface area contributed by atoms with Crippen molar-refractivity contribution in [3.05, 3.63) is 0 Å². The van der Waals surface area contributed by atoms with Crippen LogP contribution in [0, 0.1) is 58.2 Å². The van der Waals surface area contributed by atoms with Gasteiger partial charge in [0.2, 0.25) is 0 Å². The van der Waals surface area contributed by atoms with Crippen LogP contribution < -0.4 is 0 Å². The minimum absolute atomic E-state index is 0.119. The first kappa shape index (κ1) is 27.7. The van der Waals surface area contributed by atoms with Crippen molar-refractivity contribution in [2.24, 2.45) is 58.2 Å². The smallest absolute Gasteiger partial charge is 0.409 e. The summed E-state index contributed by atoms with van der Waals surface area (Å²) >= 11 is 0. The minimum atomic E-state index is -0.232. The molecule has 12 atom stereocenters. The summed E-state index contributed by atoms with van der Waals surface area (Å²) in [7, 11) is 0. The molecular weight excluding hydrogens is 462 g/mol. The van der Waals surface area contributed by atoms with E-state index in [1.54, 1.807) is 0 Å². The Morgan fingerprint density at radius 1 is 1.03 bits per heavy atom. The molecule has 1 heterocycles. The van der Waals surface area contributed by atoms with E-state index in [2.05, 4.69) is 34.6 Å². The normalized spacial score (nSPS) is 48.5. The zero-order valence-electron chi connectivity index (χ0n) is 24.3. The Hall–Kier alpha value is -0.810. The van der Waals surface area contributed by atoms with Crippen molar-refractivity contribution >= 4 is 6.09 Å². The minimum Gasteiger partial charge on any atom is -0.449 e. The molecule has 1 aliphatic heterocycles. The molecule has 5 fully saturated rings. The summed E-state index contributed by atoms with van der Waals surface area (Å²) in [6.45, 7) is 14.1. The number of hydrogen-bond acceptors (Lipinski definition) is 4. The molecule has 5 rings (SSSR count). The lowest BCUT2D eigenvalue weighted by molar-refractivity contribution is -0.203. The Kier molecular flexibility index (Phi) is 7.98. The summed E-state index contributed by atoms with van der Waals surface area (Å²) in [5.74, 6) is 4.08. The Balaban J connectivity index is 1.25. The molecule has 0 unspecified atom stereocenters. The molecule has 0 radical (unpaired) electrons. The average Bonchev–Trinajstić information content (AvgIpc) is 3.22. The summed E-state index contributed by atoms with van der Waals surface area (Å²) in [5, 5.41) is 22.4. The lowest BCUT2D eigenvalue weighted by Crippen LogP contribution is -2.62. The standard InChI is InChI=1S/C32H55NO4/c1-6-23-27-18-22(34)11-14-32(27,5)26-12-15-31(4)24(9-10-25(31)28(26)29(23)35)21(3)13-17-37-30(36)33-16-7-8-20(2)19-33/h20-29,34-35H,6-19H2,1-5H3/t20-,21-,22-,23-,24-,25+,26+,27+,28+,29-,31-,32-/m1/s1. The van der Waals surface area contributed by atoms with Gasteiger partial charge in [-0.2, -0.15) is 0 Å². The molecule has 212 valence electrons. The van der Waals surface area contributed by atoms with Crippen molar-refractivity contribution in [2.75, 3.05) is 19.7 Å². The molecular formula is C32H55NO4. The van der Waals surface area contributed by atoms with E-state index in [-0.39, 0.29) is 29.1 Å². The molecule has 5 heteroatoms. The first-order valence-electron chi connectivity index (χ1n) is 15.9. The number of amides is 1. The second kappa shape index (κ2) is 10.6. The van der Waals surface area contributed by atoms with E-state index in [0.29, 0.717) is 54.0 Å². The van der Waals surface area contributed by atoms with Crippen LogP contribution in [0.5, 0.6) is 0 Å². The second-order valence-corrected chi connectivity index (χ2v) is 14.7. The molecule has 2 N–H and O–H groups in total. The number of piperidine rings is 1. The summed E-state index contributed by atoms with van der Waals surface area (Å²) in [4.78, 5) is 14.5. The fraction of sp³-hybridized carbons (Fsp3) is 0.969. The molecule has 1 amide bonds. The third kappa shape index (κ3) is 4.77. The Labute approximate surface area is 226 Å². The largest absolute Gasteiger partial charge is 0.449 e. The number of aliphatic hydroxyl groups is 2. The maximum Gasteiger partial charge on any atom is 0.409 e. The highest BCUT2D eigenvalue weighted by Crippen LogP contribution is 2.69. The van der Waals surface area contributed by atoms with Crippen molar-refractivity contribution in [2.45, 2.75) is 117 Å². The average molecular weight is 518 g/mol. The number of carbonyl (C=O) groups excluding carboxylic acids is 1. The van der Waals surface area contributed by atoms with Gasteiger partial charge in [-0.1, -0.05) is 41.0 Å².